The Hall–Kier alpha value is -1.57. The molecule has 0 saturated carbocycles. The van der Waals surface area contributed by atoms with Gasteiger partial charge in [-0.05, 0) is 44.9 Å². The minimum atomic E-state index is -0.0631. The van der Waals surface area contributed by atoms with Crippen LogP contribution in [0.3, 0.4) is 0 Å². The smallest absolute Gasteiger partial charge is 0.266 e. The monoisotopic (exact) mass is 393 g/mol. The molecule has 3 rings (SSSR count). The third kappa shape index (κ3) is 4.39. The SMILES string of the molecule is CCOc1ccc(/C=C2\SC(=S)N(C[C@H]3CCCO3)C2=O)c(OCC)c1. The number of thioether (sulfide) groups is 1. The van der Waals surface area contributed by atoms with Crippen LogP contribution in [0.2, 0.25) is 0 Å². The van der Waals surface area contributed by atoms with Gasteiger partial charge in [0.1, 0.15) is 15.8 Å². The maximum Gasteiger partial charge on any atom is 0.266 e. The van der Waals surface area contributed by atoms with Crippen LogP contribution in [0.1, 0.15) is 32.3 Å². The fourth-order valence-electron chi connectivity index (χ4n) is 2.96. The molecule has 0 unspecified atom stereocenters. The molecule has 0 spiro atoms. The predicted molar refractivity (Wildman–Crippen MR) is 108 cm³/mol. The van der Waals surface area contributed by atoms with E-state index in [1.54, 1.807) is 4.90 Å². The van der Waals surface area contributed by atoms with Crippen LogP contribution in [0.5, 0.6) is 11.5 Å². The van der Waals surface area contributed by atoms with E-state index in [2.05, 4.69) is 0 Å². The molecule has 0 radical (unpaired) electrons. The van der Waals surface area contributed by atoms with Gasteiger partial charge in [-0.15, -0.1) is 0 Å². The van der Waals surface area contributed by atoms with Gasteiger partial charge in [-0.3, -0.25) is 9.69 Å². The van der Waals surface area contributed by atoms with Gasteiger partial charge in [0.25, 0.3) is 5.91 Å². The highest BCUT2D eigenvalue weighted by atomic mass is 32.2. The first-order chi connectivity index (χ1) is 12.6. The molecule has 7 heteroatoms. The maximum atomic E-state index is 12.8. The number of carbonyl (C=O) groups is 1. The number of carbonyl (C=O) groups excluding carboxylic acids is 1. The lowest BCUT2D eigenvalue weighted by atomic mass is 10.1. The summed E-state index contributed by atoms with van der Waals surface area (Å²) in [6, 6.07) is 5.64. The fourth-order valence-corrected chi connectivity index (χ4v) is 4.23. The van der Waals surface area contributed by atoms with Crippen molar-refractivity contribution in [1.29, 1.82) is 0 Å². The van der Waals surface area contributed by atoms with Crippen LogP contribution >= 0.6 is 24.0 Å². The van der Waals surface area contributed by atoms with Crippen molar-refractivity contribution in [2.45, 2.75) is 32.8 Å². The molecule has 5 nitrogen and oxygen atoms in total. The molecule has 1 aromatic carbocycles. The Labute approximate surface area is 163 Å². The summed E-state index contributed by atoms with van der Waals surface area (Å²) in [5, 5.41) is 0. The highest BCUT2D eigenvalue weighted by Gasteiger charge is 2.34. The average Bonchev–Trinajstić information content (AvgIpc) is 3.22. The van der Waals surface area contributed by atoms with Gasteiger partial charge >= 0.3 is 0 Å². The molecule has 140 valence electrons. The van der Waals surface area contributed by atoms with Crippen molar-refractivity contribution in [1.82, 2.24) is 4.90 Å². The molecular weight excluding hydrogens is 370 g/mol. The fraction of sp³-hybridized carbons (Fsp3) is 0.474. The molecule has 1 aromatic rings. The quantitative estimate of drug-likeness (QED) is 0.518. The summed E-state index contributed by atoms with van der Waals surface area (Å²) in [7, 11) is 0. The third-order valence-electron chi connectivity index (χ3n) is 4.17. The van der Waals surface area contributed by atoms with Crippen molar-refractivity contribution in [3.63, 3.8) is 0 Å². The maximum absolute atomic E-state index is 12.8. The highest BCUT2D eigenvalue weighted by Crippen LogP contribution is 2.36. The number of ether oxygens (including phenoxy) is 3. The van der Waals surface area contributed by atoms with E-state index in [-0.39, 0.29) is 12.0 Å². The molecule has 0 N–H and O–H groups in total. The van der Waals surface area contributed by atoms with E-state index >= 15 is 0 Å². The molecule has 0 aliphatic carbocycles. The summed E-state index contributed by atoms with van der Waals surface area (Å²) >= 11 is 6.73. The van der Waals surface area contributed by atoms with Crippen LogP contribution in [0, 0.1) is 0 Å². The number of hydrogen-bond acceptors (Lipinski definition) is 6. The van der Waals surface area contributed by atoms with Crippen LogP contribution in [-0.4, -0.2) is 47.6 Å². The molecule has 1 atom stereocenters. The van der Waals surface area contributed by atoms with Gasteiger partial charge in [-0.1, -0.05) is 24.0 Å². The van der Waals surface area contributed by atoms with E-state index < -0.39 is 0 Å². The van der Waals surface area contributed by atoms with Crippen LogP contribution < -0.4 is 9.47 Å². The summed E-state index contributed by atoms with van der Waals surface area (Å²) in [6.07, 6.45) is 3.94. The first-order valence-electron chi connectivity index (χ1n) is 8.89. The Balaban J connectivity index is 1.80. The minimum Gasteiger partial charge on any atom is -0.494 e. The van der Waals surface area contributed by atoms with Gasteiger partial charge in [0.2, 0.25) is 0 Å². The van der Waals surface area contributed by atoms with Crippen molar-refractivity contribution in [2.24, 2.45) is 0 Å². The molecule has 2 aliphatic rings. The summed E-state index contributed by atoms with van der Waals surface area (Å²) in [5.41, 5.74) is 0.841. The lowest BCUT2D eigenvalue weighted by Gasteiger charge is -2.18. The molecular formula is C19H23NO4S2. The third-order valence-corrected chi connectivity index (χ3v) is 5.54. The second-order valence-electron chi connectivity index (χ2n) is 5.99. The van der Waals surface area contributed by atoms with E-state index in [9.17, 15) is 4.79 Å². The first kappa shape index (κ1) is 19.2. The van der Waals surface area contributed by atoms with E-state index in [1.165, 1.54) is 11.8 Å². The molecule has 26 heavy (non-hydrogen) atoms. The van der Waals surface area contributed by atoms with Gasteiger partial charge in [-0.2, -0.15) is 0 Å². The molecule has 2 heterocycles. The first-order valence-corrected chi connectivity index (χ1v) is 10.1. The zero-order valence-electron chi connectivity index (χ0n) is 15.0. The number of benzene rings is 1. The van der Waals surface area contributed by atoms with Gasteiger partial charge in [0.05, 0.1) is 30.8 Å². The molecule has 1 amide bonds. The van der Waals surface area contributed by atoms with Crippen LogP contribution in [0.4, 0.5) is 0 Å². The van der Waals surface area contributed by atoms with Gasteiger partial charge in [-0.25, -0.2) is 0 Å². The van der Waals surface area contributed by atoms with E-state index in [0.29, 0.717) is 34.7 Å². The van der Waals surface area contributed by atoms with Crippen LogP contribution in [0.15, 0.2) is 23.1 Å². The normalized spacial score (nSPS) is 21.7. The summed E-state index contributed by atoms with van der Waals surface area (Å²) < 4.78 is 17.5. The standard InChI is InChI=1S/C19H23NO4S2/c1-3-22-14-8-7-13(16(11-14)23-4-2)10-17-18(21)20(19(25)26-17)12-15-6-5-9-24-15/h7-8,10-11,15H,3-6,9,12H2,1-2H3/b17-10-/t15-/m1/s1. The average molecular weight is 394 g/mol. The lowest BCUT2D eigenvalue weighted by Crippen LogP contribution is -2.35. The summed E-state index contributed by atoms with van der Waals surface area (Å²) in [6.45, 7) is 6.29. The number of thiocarbonyl (C=S) groups is 1. The minimum absolute atomic E-state index is 0.0631. The Morgan fingerprint density at radius 1 is 1.35 bits per heavy atom. The van der Waals surface area contributed by atoms with Crippen LogP contribution in [0.25, 0.3) is 6.08 Å². The number of amides is 1. The largest absolute Gasteiger partial charge is 0.494 e. The molecule has 0 bridgehead atoms. The summed E-state index contributed by atoms with van der Waals surface area (Å²) in [4.78, 5) is 15.0. The van der Waals surface area contributed by atoms with Crippen LogP contribution in [-0.2, 0) is 9.53 Å². The molecule has 0 aromatic heterocycles. The zero-order chi connectivity index (χ0) is 18.5. The number of nitrogens with zero attached hydrogens (tertiary/aromatic N) is 1. The van der Waals surface area contributed by atoms with Crippen molar-refractivity contribution in [3.8, 4) is 11.5 Å². The lowest BCUT2D eigenvalue weighted by molar-refractivity contribution is -0.123. The Kier molecular flexibility index (Phi) is 6.56. The Morgan fingerprint density at radius 2 is 2.15 bits per heavy atom. The second-order valence-corrected chi connectivity index (χ2v) is 7.67. The van der Waals surface area contributed by atoms with Gasteiger partial charge < -0.3 is 14.2 Å². The van der Waals surface area contributed by atoms with E-state index in [0.717, 1.165) is 30.8 Å². The Morgan fingerprint density at radius 3 is 2.85 bits per heavy atom. The molecule has 2 fully saturated rings. The van der Waals surface area contributed by atoms with Crippen molar-refractivity contribution >= 4 is 40.3 Å². The summed E-state index contributed by atoms with van der Waals surface area (Å²) in [5.74, 6) is 1.38. The Bertz CT molecular complexity index is 713. The van der Waals surface area contributed by atoms with E-state index in [1.807, 2.05) is 38.1 Å². The predicted octanol–water partition coefficient (Wildman–Crippen LogP) is 3.86. The molecule has 2 aliphatic heterocycles. The zero-order valence-corrected chi connectivity index (χ0v) is 16.7. The second kappa shape index (κ2) is 8.88. The topological polar surface area (TPSA) is 48.0 Å². The van der Waals surface area contributed by atoms with E-state index in [4.69, 9.17) is 26.4 Å². The van der Waals surface area contributed by atoms with Gasteiger partial charge in [0.15, 0.2) is 0 Å². The van der Waals surface area contributed by atoms with Crippen molar-refractivity contribution in [3.05, 3.63) is 28.7 Å². The molecule has 2 saturated heterocycles. The highest BCUT2D eigenvalue weighted by molar-refractivity contribution is 8.26. The van der Waals surface area contributed by atoms with Crippen molar-refractivity contribution < 1.29 is 19.0 Å². The number of hydrogen-bond donors (Lipinski definition) is 0. The van der Waals surface area contributed by atoms with Crippen molar-refractivity contribution in [2.75, 3.05) is 26.4 Å². The van der Waals surface area contributed by atoms with Gasteiger partial charge in [0, 0.05) is 18.2 Å². The number of rotatable bonds is 7.